The van der Waals surface area contributed by atoms with Crippen LogP contribution in [0, 0.1) is 6.92 Å². The molecule has 0 saturated carbocycles. The van der Waals surface area contributed by atoms with Crippen LogP contribution in [0.2, 0.25) is 0 Å². The zero-order valence-electron chi connectivity index (χ0n) is 9.60. The molecule has 0 fully saturated rings. The Balaban J connectivity index is 2.18. The average molecular weight is 248 g/mol. The van der Waals surface area contributed by atoms with Crippen molar-refractivity contribution in [1.82, 2.24) is 0 Å². The number of esters is 1. The van der Waals surface area contributed by atoms with Crippen molar-refractivity contribution in [1.29, 1.82) is 0 Å². The molecule has 0 N–H and O–H groups in total. The molecule has 3 nitrogen and oxygen atoms in total. The Labute approximate surface area is 104 Å². The third kappa shape index (κ3) is 2.65. The van der Waals surface area contributed by atoms with Gasteiger partial charge < -0.3 is 9.47 Å². The van der Waals surface area contributed by atoms with Crippen LogP contribution >= 0.6 is 11.3 Å². The number of aryl methyl sites for hydroxylation is 1. The van der Waals surface area contributed by atoms with E-state index in [9.17, 15) is 4.79 Å². The van der Waals surface area contributed by atoms with Gasteiger partial charge in [0.15, 0.2) is 11.5 Å². The number of carbonyl (C=O) groups is 1. The van der Waals surface area contributed by atoms with Crippen LogP contribution in [-0.4, -0.2) is 13.1 Å². The van der Waals surface area contributed by atoms with Gasteiger partial charge in [0.05, 0.1) is 7.11 Å². The smallest absolute Gasteiger partial charge is 0.353 e. The van der Waals surface area contributed by atoms with E-state index in [1.54, 1.807) is 31.4 Å². The highest BCUT2D eigenvalue weighted by Crippen LogP contribution is 2.27. The number of hydrogen-bond donors (Lipinski definition) is 0. The molecular weight excluding hydrogens is 236 g/mol. The van der Waals surface area contributed by atoms with Gasteiger partial charge in [-0.15, -0.1) is 11.3 Å². The normalized spacial score (nSPS) is 10.0. The maximum absolute atomic E-state index is 11.8. The van der Waals surface area contributed by atoms with Gasteiger partial charge in [-0.2, -0.15) is 0 Å². The Morgan fingerprint density at radius 2 is 1.82 bits per heavy atom. The van der Waals surface area contributed by atoms with Gasteiger partial charge in [0.25, 0.3) is 0 Å². The zero-order chi connectivity index (χ0) is 12.3. The Morgan fingerprint density at radius 3 is 2.41 bits per heavy atom. The Kier molecular flexibility index (Phi) is 3.44. The first-order valence-corrected chi connectivity index (χ1v) is 5.94. The van der Waals surface area contributed by atoms with Crippen molar-refractivity contribution in [2.24, 2.45) is 0 Å². The third-order valence-corrected chi connectivity index (χ3v) is 3.19. The molecule has 17 heavy (non-hydrogen) atoms. The summed E-state index contributed by atoms with van der Waals surface area (Å²) >= 11 is 1.41. The monoisotopic (exact) mass is 248 g/mol. The highest BCUT2D eigenvalue weighted by atomic mass is 32.1. The quantitative estimate of drug-likeness (QED) is 0.617. The molecule has 0 aliphatic carbocycles. The van der Waals surface area contributed by atoms with Crippen LogP contribution in [0.5, 0.6) is 11.5 Å². The first-order valence-electron chi connectivity index (χ1n) is 5.12. The summed E-state index contributed by atoms with van der Waals surface area (Å²) in [5, 5.41) is 0. The van der Waals surface area contributed by atoms with E-state index < -0.39 is 0 Å². The predicted molar refractivity (Wildman–Crippen MR) is 67.0 cm³/mol. The minimum Gasteiger partial charge on any atom is -0.493 e. The molecule has 0 amide bonds. The summed E-state index contributed by atoms with van der Waals surface area (Å²) in [5.74, 6) is 0.632. The number of benzene rings is 1. The fourth-order valence-electron chi connectivity index (χ4n) is 1.40. The van der Waals surface area contributed by atoms with E-state index in [4.69, 9.17) is 9.47 Å². The van der Waals surface area contributed by atoms with E-state index in [0.717, 1.165) is 4.88 Å². The predicted octanol–water partition coefficient (Wildman–Crippen LogP) is 3.28. The van der Waals surface area contributed by atoms with Crippen LogP contribution < -0.4 is 9.47 Å². The van der Waals surface area contributed by atoms with Gasteiger partial charge in [-0.1, -0.05) is 12.1 Å². The van der Waals surface area contributed by atoms with E-state index in [2.05, 4.69) is 0 Å². The van der Waals surface area contributed by atoms with Gasteiger partial charge in [0.1, 0.15) is 4.88 Å². The number of rotatable bonds is 3. The highest BCUT2D eigenvalue weighted by molar-refractivity contribution is 7.13. The van der Waals surface area contributed by atoms with Crippen LogP contribution in [0.3, 0.4) is 0 Å². The average Bonchev–Trinajstić information content (AvgIpc) is 2.77. The number of hydrogen-bond acceptors (Lipinski definition) is 4. The van der Waals surface area contributed by atoms with Gasteiger partial charge in [0.2, 0.25) is 0 Å². The van der Waals surface area contributed by atoms with E-state index >= 15 is 0 Å². The lowest BCUT2D eigenvalue weighted by Crippen LogP contribution is -2.07. The van der Waals surface area contributed by atoms with Crippen LogP contribution in [0.25, 0.3) is 0 Å². The summed E-state index contributed by atoms with van der Waals surface area (Å²) in [5.41, 5.74) is 0. The Hall–Kier alpha value is -1.81. The molecule has 0 atom stereocenters. The summed E-state index contributed by atoms with van der Waals surface area (Å²) in [6.45, 7) is 1.95. The van der Waals surface area contributed by atoms with Crippen LogP contribution in [0.1, 0.15) is 14.5 Å². The summed E-state index contributed by atoms with van der Waals surface area (Å²) in [7, 11) is 1.54. The number of methoxy groups -OCH3 is 1. The highest BCUT2D eigenvalue weighted by Gasteiger charge is 2.13. The zero-order valence-corrected chi connectivity index (χ0v) is 10.4. The van der Waals surface area contributed by atoms with E-state index in [0.29, 0.717) is 16.4 Å². The summed E-state index contributed by atoms with van der Waals surface area (Å²) in [6.07, 6.45) is 0. The van der Waals surface area contributed by atoms with Crippen molar-refractivity contribution in [3.8, 4) is 11.5 Å². The van der Waals surface area contributed by atoms with E-state index in [1.165, 1.54) is 11.3 Å². The molecule has 0 saturated heterocycles. The maximum atomic E-state index is 11.8. The standard InChI is InChI=1S/C13H12O3S/c1-9-7-8-12(17-9)13(14)16-11-6-4-3-5-10(11)15-2/h3-8H,1-2H3. The molecule has 0 aliphatic heterocycles. The summed E-state index contributed by atoms with van der Waals surface area (Å²) < 4.78 is 10.4. The number of thiophene rings is 1. The SMILES string of the molecule is COc1ccccc1OC(=O)c1ccc(C)s1. The molecule has 2 rings (SSSR count). The minimum atomic E-state index is -0.354. The summed E-state index contributed by atoms with van der Waals surface area (Å²) in [6, 6.07) is 10.7. The van der Waals surface area contributed by atoms with Crippen molar-refractivity contribution in [2.45, 2.75) is 6.92 Å². The number of ether oxygens (including phenoxy) is 2. The van der Waals surface area contributed by atoms with Gasteiger partial charge in [0, 0.05) is 4.88 Å². The topological polar surface area (TPSA) is 35.5 Å². The van der Waals surface area contributed by atoms with Gasteiger partial charge in [-0.05, 0) is 31.2 Å². The van der Waals surface area contributed by atoms with Crippen molar-refractivity contribution in [2.75, 3.05) is 7.11 Å². The lowest BCUT2D eigenvalue weighted by molar-refractivity contribution is 0.0735. The van der Waals surface area contributed by atoms with Crippen molar-refractivity contribution in [3.63, 3.8) is 0 Å². The van der Waals surface area contributed by atoms with Gasteiger partial charge >= 0.3 is 5.97 Å². The fourth-order valence-corrected chi connectivity index (χ4v) is 2.14. The maximum Gasteiger partial charge on any atom is 0.353 e. The molecule has 4 heteroatoms. The van der Waals surface area contributed by atoms with E-state index in [1.807, 2.05) is 19.1 Å². The van der Waals surface area contributed by atoms with Gasteiger partial charge in [-0.25, -0.2) is 4.79 Å². The van der Waals surface area contributed by atoms with Crippen molar-refractivity contribution < 1.29 is 14.3 Å². The molecule has 1 aromatic heterocycles. The van der Waals surface area contributed by atoms with Gasteiger partial charge in [-0.3, -0.25) is 0 Å². The molecule has 2 aromatic rings. The van der Waals surface area contributed by atoms with Crippen molar-refractivity contribution >= 4 is 17.3 Å². The molecule has 0 aliphatic rings. The lowest BCUT2D eigenvalue weighted by Gasteiger charge is -2.07. The second kappa shape index (κ2) is 5.01. The summed E-state index contributed by atoms with van der Waals surface area (Å²) in [4.78, 5) is 13.5. The molecule has 1 heterocycles. The first kappa shape index (κ1) is 11.7. The molecule has 1 aromatic carbocycles. The molecule has 88 valence electrons. The van der Waals surface area contributed by atoms with Crippen LogP contribution in [0.15, 0.2) is 36.4 Å². The van der Waals surface area contributed by atoms with Crippen LogP contribution in [0.4, 0.5) is 0 Å². The molecule has 0 spiro atoms. The molecule has 0 unspecified atom stereocenters. The second-order valence-corrected chi connectivity index (χ2v) is 4.74. The second-order valence-electron chi connectivity index (χ2n) is 3.45. The lowest BCUT2D eigenvalue weighted by atomic mass is 10.3. The first-order chi connectivity index (χ1) is 8.20. The minimum absolute atomic E-state index is 0.354. The Morgan fingerprint density at radius 1 is 1.12 bits per heavy atom. The van der Waals surface area contributed by atoms with Crippen molar-refractivity contribution in [3.05, 3.63) is 46.2 Å². The van der Waals surface area contributed by atoms with Crippen LogP contribution in [-0.2, 0) is 0 Å². The molecule has 0 bridgehead atoms. The molecule has 0 radical (unpaired) electrons. The number of para-hydroxylation sites is 2. The molecular formula is C13H12O3S. The fraction of sp³-hybridized carbons (Fsp3) is 0.154. The third-order valence-electron chi connectivity index (χ3n) is 2.21. The number of carbonyl (C=O) groups excluding carboxylic acids is 1. The van der Waals surface area contributed by atoms with E-state index in [-0.39, 0.29) is 5.97 Å². The Bertz CT molecular complexity index is 531. The largest absolute Gasteiger partial charge is 0.493 e.